The number of nitrogens with zero attached hydrogens (tertiary/aromatic N) is 2. The summed E-state index contributed by atoms with van der Waals surface area (Å²) in [6.07, 6.45) is 6.31. The fourth-order valence-electron chi connectivity index (χ4n) is 2.68. The zero-order valence-corrected chi connectivity index (χ0v) is 8.82. The number of piperidine rings is 1. The van der Waals surface area contributed by atoms with Crippen LogP contribution in [0.25, 0.3) is 0 Å². The number of carbonyl (C=O) groups is 1. The second-order valence-corrected chi connectivity index (χ2v) is 4.44. The lowest BCUT2D eigenvalue weighted by Gasteiger charge is -2.35. The van der Waals surface area contributed by atoms with Gasteiger partial charge in [0.15, 0.2) is 0 Å². The van der Waals surface area contributed by atoms with Gasteiger partial charge in [-0.15, -0.1) is 0 Å². The van der Waals surface area contributed by atoms with Crippen LogP contribution in [-0.4, -0.2) is 54.9 Å². The molecule has 0 saturated carbocycles. The van der Waals surface area contributed by atoms with Crippen molar-refractivity contribution in [2.24, 2.45) is 0 Å². The Morgan fingerprint density at radius 2 is 1.71 bits per heavy atom. The summed E-state index contributed by atoms with van der Waals surface area (Å²) in [7, 11) is 0. The molecule has 0 spiro atoms. The molecule has 0 aliphatic carbocycles. The van der Waals surface area contributed by atoms with E-state index in [4.69, 9.17) is 0 Å². The first-order chi connectivity index (χ1) is 6.90. The van der Waals surface area contributed by atoms with Crippen LogP contribution in [0.3, 0.4) is 0 Å². The largest absolute Gasteiger partial charge is 0.302 e. The van der Waals surface area contributed by atoms with Crippen molar-refractivity contribution in [2.45, 2.75) is 31.7 Å². The Bertz CT molecular complexity index is 182. The van der Waals surface area contributed by atoms with E-state index in [2.05, 4.69) is 9.80 Å². The molecule has 2 aliphatic rings. The first-order valence-electron chi connectivity index (χ1n) is 5.80. The van der Waals surface area contributed by atoms with Gasteiger partial charge in [0.25, 0.3) is 0 Å². The van der Waals surface area contributed by atoms with Crippen molar-refractivity contribution in [1.82, 2.24) is 9.80 Å². The average Bonchev–Trinajstić information content (AvgIpc) is 2.72. The van der Waals surface area contributed by atoms with Gasteiger partial charge >= 0.3 is 0 Å². The van der Waals surface area contributed by atoms with Crippen molar-refractivity contribution in [3.8, 4) is 0 Å². The minimum atomic E-state index is 0.632. The number of aldehydes is 1. The summed E-state index contributed by atoms with van der Waals surface area (Å²) in [6.45, 7) is 5.46. The molecule has 14 heavy (non-hydrogen) atoms. The van der Waals surface area contributed by atoms with E-state index < -0.39 is 0 Å². The molecule has 2 fully saturated rings. The predicted octanol–water partition coefficient (Wildman–Crippen LogP) is 0.745. The summed E-state index contributed by atoms with van der Waals surface area (Å²) >= 11 is 0. The summed E-state index contributed by atoms with van der Waals surface area (Å²) in [5.74, 6) is 0. The van der Waals surface area contributed by atoms with Gasteiger partial charge in [-0.2, -0.15) is 0 Å². The Balaban J connectivity index is 1.74. The number of hydrogen-bond donors (Lipinski definition) is 0. The van der Waals surface area contributed by atoms with Crippen LogP contribution >= 0.6 is 0 Å². The summed E-state index contributed by atoms with van der Waals surface area (Å²) < 4.78 is 0. The van der Waals surface area contributed by atoms with Crippen molar-refractivity contribution in [3.05, 3.63) is 0 Å². The van der Waals surface area contributed by atoms with Gasteiger partial charge in [-0.05, 0) is 38.8 Å². The van der Waals surface area contributed by atoms with Crippen molar-refractivity contribution in [1.29, 1.82) is 0 Å². The van der Waals surface area contributed by atoms with E-state index in [1.165, 1.54) is 38.8 Å². The molecule has 0 atom stereocenters. The molecule has 2 rings (SSSR count). The molecular formula is C11H20N2O. The van der Waals surface area contributed by atoms with Crippen LogP contribution < -0.4 is 0 Å². The maximum absolute atomic E-state index is 10.4. The van der Waals surface area contributed by atoms with Gasteiger partial charge in [0.1, 0.15) is 6.29 Å². The topological polar surface area (TPSA) is 23.6 Å². The van der Waals surface area contributed by atoms with Crippen LogP contribution in [-0.2, 0) is 4.79 Å². The lowest BCUT2D eigenvalue weighted by molar-refractivity contribution is -0.109. The standard InChI is InChI=1S/C11H20N2O/c14-10-9-12-7-3-11(4-8-12)13-5-1-2-6-13/h10-11H,1-9H2. The Morgan fingerprint density at radius 3 is 2.29 bits per heavy atom. The highest BCUT2D eigenvalue weighted by Gasteiger charge is 2.25. The lowest BCUT2D eigenvalue weighted by atomic mass is 10.0. The lowest BCUT2D eigenvalue weighted by Crippen LogP contribution is -2.44. The van der Waals surface area contributed by atoms with Gasteiger partial charge in [0.2, 0.25) is 0 Å². The highest BCUT2D eigenvalue weighted by atomic mass is 16.1. The normalized spacial score (nSPS) is 26.9. The van der Waals surface area contributed by atoms with Crippen molar-refractivity contribution >= 4 is 6.29 Å². The number of hydrogen-bond acceptors (Lipinski definition) is 3. The predicted molar refractivity (Wildman–Crippen MR) is 56.3 cm³/mol. The molecule has 2 heterocycles. The SMILES string of the molecule is O=CCN1CCC(N2CCCC2)CC1. The molecule has 0 aromatic rings. The molecule has 0 N–H and O–H groups in total. The van der Waals surface area contributed by atoms with E-state index in [1.807, 2.05) is 0 Å². The smallest absolute Gasteiger partial charge is 0.133 e. The quantitative estimate of drug-likeness (QED) is 0.622. The van der Waals surface area contributed by atoms with Crippen LogP contribution in [0.1, 0.15) is 25.7 Å². The van der Waals surface area contributed by atoms with Crippen molar-refractivity contribution in [3.63, 3.8) is 0 Å². The molecular weight excluding hydrogens is 176 g/mol. The summed E-state index contributed by atoms with van der Waals surface area (Å²) in [5.41, 5.74) is 0. The molecule has 0 radical (unpaired) electrons. The molecule has 0 aromatic heterocycles. The monoisotopic (exact) mass is 196 g/mol. The minimum Gasteiger partial charge on any atom is -0.302 e. The Labute approximate surface area is 86.1 Å². The number of rotatable bonds is 3. The minimum absolute atomic E-state index is 0.632. The maximum Gasteiger partial charge on any atom is 0.133 e. The van der Waals surface area contributed by atoms with E-state index >= 15 is 0 Å². The van der Waals surface area contributed by atoms with Crippen LogP contribution in [0, 0.1) is 0 Å². The van der Waals surface area contributed by atoms with Crippen LogP contribution in [0.5, 0.6) is 0 Å². The molecule has 3 nitrogen and oxygen atoms in total. The maximum atomic E-state index is 10.4. The van der Waals surface area contributed by atoms with Crippen molar-refractivity contribution < 1.29 is 4.79 Å². The highest BCUT2D eigenvalue weighted by Crippen LogP contribution is 2.20. The summed E-state index contributed by atoms with van der Waals surface area (Å²) in [6, 6.07) is 0.806. The van der Waals surface area contributed by atoms with Crippen LogP contribution in [0.4, 0.5) is 0 Å². The van der Waals surface area contributed by atoms with E-state index in [0.717, 1.165) is 25.4 Å². The number of carbonyl (C=O) groups excluding carboxylic acids is 1. The second-order valence-electron chi connectivity index (χ2n) is 4.44. The van der Waals surface area contributed by atoms with Crippen LogP contribution in [0.15, 0.2) is 0 Å². The summed E-state index contributed by atoms with van der Waals surface area (Å²) in [4.78, 5) is 15.3. The van der Waals surface area contributed by atoms with E-state index in [1.54, 1.807) is 0 Å². The Hall–Kier alpha value is -0.410. The second kappa shape index (κ2) is 4.89. The molecule has 80 valence electrons. The third kappa shape index (κ3) is 2.34. The van der Waals surface area contributed by atoms with Gasteiger partial charge in [0, 0.05) is 19.1 Å². The number of likely N-dealkylation sites (tertiary alicyclic amines) is 2. The van der Waals surface area contributed by atoms with Gasteiger partial charge in [-0.1, -0.05) is 0 Å². The Morgan fingerprint density at radius 1 is 1.07 bits per heavy atom. The first-order valence-corrected chi connectivity index (χ1v) is 5.80. The van der Waals surface area contributed by atoms with Gasteiger partial charge in [0.05, 0.1) is 6.54 Å². The fraction of sp³-hybridized carbons (Fsp3) is 0.909. The van der Waals surface area contributed by atoms with Crippen molar-refractivity contribution in [2.75, 3.05) is 32.7 Å². The van der Waals surface area contributed by atoms with E-state index in [-0.39, 0.29) is 0 Å². The highest BCUT2D eigenvalue weighted by molar-refractivity contribution is 5.51. The molecule has 0 bridgehead atoms. The molecule has 0 unspecified atom stereocenters. The average molecular weight is 196 g/mol. The summed E-state index contributed by atoms with van der Waals surface area (Å²) in [5, 5.41) is 0. The third-order valence-electron chi connectivity index (χ3n) is 3.55. The first kappa shape index (κ1) is 10.1. The fourth-order valence-corrected chi connectivity index (χ4v) is 2.68. The van der Waals surface area contributed by atoms with Gasteiger partial charge in [-0.3, -0.25) is 4.90 Å². The third-order valence-corrected chi connectivity index (χ3v) is 3.55. The molecule has 2 aliphatic heterocycles. The molecule has 3 heteroatoms. The van der Waals surface area contributed by atoms with E-state index in [9.17, 15) is 4.79 Å². The van der Waals surface area contributed by atoms with Gasteiger partial charge in [-0.25, -0.2) is 0 Å². The molecule has 0 amide bonds. The zero-order chi connectivity index (χ0) is 9.80. The van der Waals surface area contributed by atoms with Gasteiger partial charge < -0.3 is 9.69 Å². The zero-order valence-electron chi connectivity index (χ0n) is 8.82. The molecule has 0 aromatic carbocycles. The molecule has 2 saturated heterocycles. The Kier molecular flexibility index (Phi) is 3.54. The van der Waals surface area contributed by atoms with Crippen LogP contribution in [0.2, 0.25) is 0 Å². The van der Waals surface area contributed by atoms with E-state index in [0.29, 0.717) is 6.54 Å².